The zero-order valence-corrected chi connectivity index (χ0v) is 26.8. The van der Waals surface area contributed by atoms with Gasteiger partial charge in [0.1, 0.15) is 34.6 Å². The van der Waals surface area contributed by atoms with Gasteiger partial charge in [-0.2, -0.15) is 0 Å². The molecule has 8 aromatic rings. The standard InChI is InChI=1S/C44H28N4O2/c1-3-11-29(12-4-1)47(41-15-7-9-25-45-41)31-17-19-33-35-21-24-38-44-36(22-23-37(43(35)44)49-39(33)27-31)34-20-18-32(28-40(34)50-38)48(30-13-5-2-6-14-30)42-16-8-10-26-46-42/h1-28H. The number of benzene rings is 6. The van der Waals surface area contributed by atoms with Gasteiger partial charge < -0.3 is 9.47 Å². The number of aromatic nitrogens is 2. The van der Waals surface area contributed by atoms with Crippen LogP contribution in [0.4, 0.5) is 34.4 Å². The van der Waals surface area contributed by atoms with E-state index in [4.69, 9.17) is 9.47 Å². The average molecular weight is 645 g/mol. The van der Waals surface area contributed by atoms with Gasteiger partial charge in [-0.15, -0.1) is 0 Å². The maximum atomic E-state index is 6.71. The second-order valence-corrected chi connectivity index (χ2v) is 12.3. The van der Waals surface area contributed by atoms with Gasteiger partial charge in [-0.05, 0) is 108 Å². The molecule has 0 bridgehead atoms. The van der Waals surface area contributed by atoms with Crippen LogP contribution in [-0.4, -0.2) is 9.97 Å². The maximum absolute atomic E-state index is 6.71. The molecule has 0 N–H and O–H groups in total. The highest BCUT2D eigenvalue weighted by Crippen LogP contribution is 2.56. The van der Waals surface area contributed by atoms with E-state index in [0.29, 0.717) is 0 Å². The fourth-order valence-electron chi connectivity index (χ4n) is 7.16. The van der Waals surface area contributed by atoms with E-state index >= 15 is 0 Å². The Morgan fingerprint density at radius 3 is 1.18 bits per heavy atom. The number of hydrogen-bond acceptors (Lipinski definition) is 6. The molecule has 0 fully saturated rings. The first-order chi connectivity index (χ1) is 24.8. The Morgan fingerprint density at radius 1 is 0.340 bits per heavy atom. The second-order valence-electron chi connectivity index (χ2n) is 12.3. The molecule has 0 spiro atoms. The summed E-state index contributed by atoms with van der Waals surface area (Å²) in [6, 6.07) is 53.7. The summed E-state index contributed by atoms with van der Waals surface area (Å²) in [5.74, 6) is 4.88. The van der Waals surface area contributed by atoms with Gasteiger partial charge in [0.2, 0.25) is 0 Å². The minimum atomic E-state index is 0.798. The van der Waals surface area contributed by atoms with Crippen molar-refractivity contribution < 1.29 is 9.47 Å². The summed E-state index contributed by atoms with van der Waals surface area (Å²) < 4.78 is 13.4. The Kier molecular flexibility index (Phi) is 6.39. The lowest BCUT2D eigenvalue weighted by Crippen LogP contribution is -2.12. The molecular formula is C44H28N4O2. The fraction of sp³-hybridized carbons (Fsp3) is 0. The van der Waals surface area contributed by atoms with Crippen molar-refractivity contribution in [2.45, 2.75) is 0 Å². The summed E-state index contributed by atoms with van der Waals surface area (Å²) in [4.78, 5) is 13.6. The van der Waals surface area contributed by atoms with Crippen LogP contribution in [0.2, 0.25) is 0 Å². The molecule has 6 aromatic carbocycles. The molecular weight excluding hydrogens is 617 g/mol. The molecule has 6 heteroatoms. The summed E-state index contributed by atoms with van der Waals surface area (Å²) in [5, 5.41) is 2.11. The number of hydrogen-bond donors (Lipinski definition) is 0. The summed E-state index contributed by atoms with van der Waals surface area (Å²) in [6.07, 6.45) is 3.63. The molecule has 0 aliphatic carbocycles. The molecule has 0 amide bonds. The largest absolute Gasteiger partial charge is 0.456 e. The van der Waals surface area contributed by atoms with Crippen molar-refractivity contribution in [1.82, 2.24) is 9.97 Å². The van der Waals surface area contributed by atoms with Crippen LogP contribution in [0, 0.1) is 0 Å². The van der Waals surface area contributed by atoms with Gasteiger partial charge in [-0.1, -0.05) is 48.5 Å². The normalized spacial score (nSPS) is 11.9. The number of fused-ring (bicyclic) bond motifs is 4. The molecule has 2 aliphatic rings. The smallest absolute Gasteiger partial charge is 0.137 e. The zero-order valence-electron chi connectivity index (χ0n) is 26.8. The van der Waals surface area contributed by atoms with Gasteiger partial charge in [0.05, 0.1) is 11.4 Å². The Morgan fingerprint density at radius 2 is 0.760 bits per heavy atom. The van der Waals surface area contributed by atoms with E-state index in [0.717, 1.165) is 90.4 Å². The third-order valence-corrected chi connectivity index (χ3v) is 9.34. The lowest BCUT2D eigenvalue weighted by molar-refractivity contribution is 0.480. The van der Waals surface area contributed by atoms with Crippen LogP contribution in [-0.2, 0) is 0 Å². The molecule has 50 heavy (non-hydrogen) atoms. The van der Waals surface area contributed by atoms with E-state index in [1.54, 1.807) is 0 Å². The van der Waals surface area contributed by atoms with E-state index in [-0.39, 0.29) is 0 Å². The quantitative estimate of drug-likeness (QED) is 0.180. The number of nitrogens with zero attached hydrogens (tertiary/aromatic N) is 4. The molecule has 0 saturated carbocycles. The molecule has 0 radical (unpaired) electrons. The first-order valence-corrected chi connectivity index (χ1v) is 16.6. The number of ether oxygens (including phenoxy) is 2. The van der Waals surface area contributed by atoms with Gasteiger partial charge in [-0.3, -0.25) is 9.80 Å². The van der Waals surface area contributed by atoms with E-state index in [9.17, 15) is 0 Å². The minimum absolute atomic E-state index is 0.798. The van der Waals surface area contributed by atoms with Gasteiger partial charge in [0.25, 0.3) is 0 Å². The highest BCUT2D eigenvalue weighted by Gasteiger charge is 2.29. The zero-order chi connectivity index (χ0) is 33.0. The number of pyridine rings is 2. The van der Waals surface area contributed by atoms with E-state index < -0.39 is 0 Å². The first kappa shape index (κ1) is 28.1. The number of rotatable bonds is 6. The second kappa shape index (κ2) is 11.4. The summed E-state index contributed by atoms with van der Waals surface area (Å²) in [7, 11) is 0. The lowest BCUT2D eigenvalue weighted by Gasteiger charge is -2.30. The van der Waals surface area contributed by atoms with Crippen LogP contribution in [0.1, 0.15) is 0 Å². The van der Waals surface area contributed by atoms with Crippen molar-refractivity contribution in [2.75, 3.05) is 9.80 Å². The van der Waals surface area contributed by atoms with Crippen molar-refractivity contribution in [1.29, 1.82) is 0 Å². The molecule has 0 unspecified atom stereocenters. The topological polar surface area (TPSA) is 50.7 Å². The summed E-state index contributed by atoms with van der Waals surface area (Å²) in [6.45, 7) is 0. The van der Waals surface area contributed by atoms with Gasteiger partial charge in [0.15, 0.2) is 0 Å². The highest BCUT2D eigenvalue weighted by molar-refractivity contribution is 6.14. The Labute approximate surface area is 289 Å². The predicted molar refractivity (Wildman–Crippen MR) is 200 cm³/mol. The fourth-order valence-corrected chi connectivity index (χ4v) is 7.16. The SMILES string of the molecule is c1ccc(N(c2ccc3c(c2)Oc2ccc4c5c(ccc-3c25)Oc2cc(N(c3ccccc3)c3ccccn3)ccc2-4)c2ccccn2)cc1. The van der Waals surface area contributed by atoms with Crippen molar-refractivity contribution in [3.63, 3.8) is 0 Å². The minimum Gasteiger partial charge on any atom is -0.456 e. The van der Waals surface area contributed by atoms with E-state index in [1.165, 1.54) is 0 Å². The van der Waals surface area contributed by atoms with Gasteiger partial charge in [-0.25, -0.2) is 9.97 Å². The van der Waals surface area contributed by atoms with Gasteiger partial charge >= 0.3 is 0 Å². The number of para-hydroxylation sites is 2. The van der Waals surface area contributed by atoms with Crippen LogP contribution in [0.3, 0.4) is 0 Å². The molecule has 2 aliphatic heterocycles. The molecule has 10 rings (SSSR count). The predicted octanol–water partition coefficient (Wildman–Crippen LogP) is 12.1. The maximum Gasteiger partial charge on any atom is 0.137 e. The van der Waals surface area contributed by atoms with Crippen LogP contribution < -0.4 is 19.3 Å². The summed E-state index contributed by atoms with van der Waals surface area (Å²) >= 11 is 0. The lowest BCUT2D eigenvalue weighted by atomic mass is 9.88. The van der Waals surface area contributed by atoms with E-state index in [2.05, 4.69) is 105 Å². The van der Waals surface area contributed by atoms with Crippen molar-refractivity contribution in [2.24, 2.45) is 0 Å². The number of anilines is 6. The van der Waals surface area contributed by atoms with Crippen LogP contribution >= 0.6 is 0 Å². The molecule has 236 valence electrons. The monoisotopic (exact) mass is 644 g/mol. The third-order valence-electron chi connectivity index (χ3n) is 9.34. The van der Waals surface area contributed by atoms with Crippen LogP contribution in [0.15, 0.2) is 170 Å². The third kappa shape index (κ3) is 4.50. The average Bonchev–Trinajstić information content (AvgIpc) is 3.18. The molecule has 6 nitrogen and oxygen atoms in total. The van der Waals surface area contributed by atoms with E-state index in [1.807, 2.05) is 85.2 Å². The Bertz CT molecular complexity index is 2280. The summed E-state index contributed by atoms with van der Waals surface area (Å²) in [5.41, 5.74) is 8.27. The van der Waals surface area contributed by atoms with Crippen LogP contribution in [0.5, 0.6) is 23.0 Å². The van der Waals surface area contributed by atoms with Crippen LogP contribution in [0.25, 0.3) is 33.0 Å². The molecule has 0 saturated heterocycles. The first-order valence-electron chi connectivity index (χ1n) is 16.6. The van der Waals surface area contributed by atoms with Crippen molar-refractivity contribution in [3.8, 4) is 45.3 Å². The van der Waals surface area contributed by atoms with Crippen molar-refractivity contribution in [3.05, 3.63) is 170 Å². The Balaban J connectivity index is 1.07. The Hall–Kier alpha value is -6.92. The molecule has 0 atom stereocenters. The van der Waals surface area contributed by atoms with Gasteiger partial charge in [0, 0.05) is 57.8 Å². The highest BCUT2D eigenvalue weighted by atomic mass is 16.5. The van der Waals surface area contributed by atoms with Crippen molar-refractivity contribution >= 4 is 45.2 Å². The molecule has 2 aromatic heterocycles. The molecule has 4 heterocycles.